The summed E-state index contributed by atoms with van der Waals surface area (Å²) in [7, 11) is 1.61. The van der Waals surface area contributed by atoms with Crippen molar-refractivity contribution in [2.75, 3.05) is 26.1 Å². The highest BCUT2D eigenvalue weighted by atomic mass is 32.2. The minimum Gasteiger partial charge on any atom is -0.491 e. The van der Waals surface area contributed by atoms with Gasteiger partial charge in [-0.15, -0.1) is 0 Å². The zero-order chi connectivity index (χ0) is 23.5. The normalized spacial score (nSPS) is 11.9. The van der Waals surface area contributed by atoms with Crippen molar-refractivity contribution in [3.05, 3.63) is 71.8 Å². The molecule has 1 heterocycles. The van der Waals surface area contributed by atoms with Crippen LogP contribution in [-0.2, 0) is 4.74 Å². The van der Waals surface area contributed by atoms with E-state index in [1.807, 2.05) is 38.2 Å². The quantitative estimate of drug-likeness (QED) is 0.301. The van der Waals surface area contributed by atoms with Crippen LogP contribution in [-0.4, -0.2) is 30.6 Å². The van der Waals surface area contributed by atoms with Crippen LogP contribution in [0.3, 0.4) is 0 Å². The number of hydrogen-bond donors (Lipinski definition) is 1. The third kappa shape index (κ3) is 6.24. The van der Waals surface area contributed by atoms with Gasteiger partial charge in [-0.2, -0.15) is 10.5 Å². The summed E-state index contributed by atoms with van der Waals surface area (Å²) in [4.78, 5) is 4.37. The van der Waals surface area contributed by atoms with Gasteiger partial charge in [0.2, 0.25) is 0 Å². The first-order valence-electron chi connectivity index (χ1n) is 9.97. The molecule has 164 valence electrons. The Balaban J connectivity index is 2.45. The van der Waals surface area contributed by atoms with Gasteiger partial charge in [0.05, 0.1) is 12.2 Å². The Labute approximate surface area is 193 Å². The first-order chi connectivity index (χ1) is 15.5. The third-order valence-electron chi connectivity index (χ3n) is 4.54. The van der Waals surface area contributed by atoms with Gasteiger partial charge in [0.25, 0.3) is 0 Å². The Morgan fingerprint density at radius 1 is 1.19 bits per heavy atom. The van der Waals surface area contributed by atoms with E-state index >= 15 is 0 Å². The summed E-state index contributed by atoms with van der Waals surface area (Å²) in [5, 5.41) is 20.1. The Kier molecular flexibility index (Phi) is 9.56. The van der Waals surface area contributed by atoms with Crippen LogP contribution in [0.25, 0.3) is 11.1 Å². The van der Waals surface area contributed by atoms with E-state index in [1.54, 1.807) is 31.4 Å². The zero-order valence-corrected chi connectivity index (χ0v) is 19.3. The number of nitriles is 2. The van der Waals surface area contributed by atoms with Crippen molar-refractivity contribution in [1.29, 1.82) is 10.5 Å². The molecule has 32 heavy (non-hydrogen) atoms. The standard InChI is InChI=1S/C25H26N4O2S/c1-5-6-7-8-17(2)18(3)32-25-22(16-27)23(21(15-26)24(28)29-25)19-9-11-20(12-10-19)31-14-13-30-4/h5-12,18H,2,13-14H2,1,3-4H3,(H2,28,29)/b6-5-,8-7-. The highest BCUT2D eigenvalue weighted by molar-refractivity contribution is 8.00. The summed E-state index contributed by atoms with van der Waals surface area (Å²) < 4.78 is 10.6. The fraction of sp³-hybridized carbons (Fsp3) is 0.240. The number of nitrogens with two attached hydrogens (primary N) is 1. The molecule has 2 aromatic rings. The molecule has 0 aliphatic rings. The molecule has 0 radical (unpaired) electrons. The number of anilines is 1. The van der Waals surface area contributed by atoms with E-state index < -0.39 is 0 Å². The SMILES string of the molecule is C=C(/C=C\C=C/C)C(C)Sc1nc(N)c(C#N)c(-c2ccc(OCCOC)cc2)c1C#N. The summed E-state index contributed by atoms with van der Waals surface area (Å²) in [5.74, 6) is 0.754. The number of hydrogen-bond acceptors (Lipinski definition) is 7. The number of ether oxygens (including phenoxy) is 2. The van der Waals surface area contributed by atoms with Crippen LogP contribution in [0.1, 0.15) is 25.0 Å². The molecular weight excluding hydrogens is 420 g/mol. The molecule has 2 N–H and O–H groups in total. The van der Waals surface area contributed by atoms with Crippen molar-refractivity contribution < 1.29 is 9.47 Å². The summed E-state index contributed by atoms with van der Waals surface area (Å²) >= 11 is 1.38. The number of pyridine rings is 1. The second-order valence-electron chi connectivity index (χ2n) is 6.74. The molecule has 0 fully saturated rings. The predicted molar refractivity (Wildman–Crippen MR) is 129 cm³/mol. The van der Waals surface area contributed by atoms with E-state index in [9.17, 15) is 10.5 Å². The van der Waals surface area contributed by atoms with Crippen LogP contribution >= 0.6 is 11.8 Å². The Hall–Kier alpha value is -3.52. The van der Waals surface area contributed by atoms with Gasteiger partial charge >= 0.3 is 0 Å². The maximum atomic E-state index is 9.96. The molecule has 1 unspecified atom stereocenters. The van der Waals surface area contributed by atoms with Crippen LogP contribution in [0.2, 0.25) is 0 Å². The topological polar surface area (TPSA) is 105 Å². The van der Waals surface area contributed by atoms with E-state index in [4.69, 9.17) is 15.2 Å². The van der Waals surface area contributed by atoms with E-state index in [2.05, 4.69) is 23.7 Å². The molecule has 0 saturated carbocycles. The molecule has 1 aromatic heterocycles. The summed E-state index contributed by atoms with van der Waals surface area (Å²) in [6.45, 7) is 8.92. The molecular formula is C25H26N4O2S. The van der Waals surface area contributed by atoms with Gasteiger partial charge in [-0.05, 0) is 37.1 Å². The van der Waals surface area contributed by atoms with E-state index in [1.165, 1.54) is 11.8 Å². The van der Waals surface area contributed by atoms with Crippen molar-refractivity contribution >= 4 is 17.6 Å². The van der Waals surface area contributed by atoms with Gasteiger partial charge in [0.1, 0.15) is 40.9 Å². The first kappa shape index (κ1) is 24.7. The molecule has 7 heteroatoms. The molecule has 1 aromatic carbocycles. The van der Waals surface area contributed by atoms with E-state index in [0.29, 0.717) is 40.7 Å². The minimum absolute atomic E-state index is 0.0483. The van der Waals surface area contributed by atoms with Gasteiger partial charge in [-0.25, -0.2) is 4.98 Å². The van der Waals surface area contributed by atoms with Crippen molar-refractivity contribution in [3.8, 4) is 29.0 Å². The van der Waals surface area contributed by atoms with Gasteiger partial charge in [-0.3, -0.25) is 0 Å². The molecule has 6 nitrogen and oxygen atoms in total. The van der Waals surface area contributed by atoms with Crippen LogP contribution < -0.4 is 10.5 Å². The average Bonchev–Trinajstić information content (AvgIpc) is 2.79. The largest absolute Gasteiger partial charge is 0.491 e. The van der Waals surface area contributed by atoms with Crippen molar-refractivity contribution in [1.82, 2.24) is 4.98 Å². The molecule has 0 amide bonds. The van der Waals surface area contributed by atoms with Gasteiger partial charge < -0.3 is 15.2 Å². The molecule has 0 aliphatic carbocycles. The van der Waals surface area contributed by atoms with Gasteiger partial charge in [0.15, 0.2) is 0 Å². The maximum absolute atomic E-state index is 9.96. The molecule has 1 atom stereocenters. The highest BCUT2D eigenvalue weighted by Gasteiger charge is 2.22. The van der Waals surface area contributed by atoms with Crippen LogP contribution in [0.15, 0.2) is 65.7 Å². The second-order valence-corrected chi connectivity index (χ2v) is 8.07. The lowest BCUT2D eigenvalue weighted by Crippen LogP contribution is -2.06. The first-order valence-corrected chi connectivity index (χ1v) is 10.8. The van der Waals surface area contributed by atoms with Crippen LogP contribution in [0.4, 0.5) is 5.82 Å². The smallest absolute Gasteiger partial charge is 0.143 e. The van der Waals surface area contributed by atoms with Gasteiger partial charge in [0, 0.05) is 17.9 Å². The fourth-order valence-electron chi connectivity index (χ4n) is 2.80. The lowest BCUT2D eigenvalue weighted by atomic mass is 9.97. The number of methoxy groups -OCH3 is 1. The monoisotopic (exact) mass is 446 g/mol. The lowest BCUT2D eigenvalue weighted by Gasteiger charge is -2.16. The highest BCUT2D eigenvalue weighted by Crippen LogP contribution is 2.38. The minimum atomic E-state index is -0.0483. The van der Waals surface area contributed by atoms with Crippen molar-refractivity contribution in [2.24, 2.45) is 0 Å². The number of nitrogens with zero attached hydrogens (tertiary/aromatic N) is 3. The number of benzene rings is 1. The Morgan fingerprint density at radius 2 is 1.88 bits per heavy atom. The van der Waals surface area contributed by atoms with Crippen LogP contribution in [0, 0.1) is 22.7 Å². The Bertz CT molecular complexity index is 1090. The summed E-state index contributed by atoms with van der Waals surface area (Å²) in [5.41, 5.74) is 8.64. The number of aromatic nitrogens is 1. The van der Waals surface area contributed by atoms with Crippen molar-refractivity contribution in [2.45, 2.75) is 24.1 Å². The molecule has 0 bridgehead atoms. The second kappa shape index (κ2) is 12.4. The fourth-order valence-corrected chi connectivity index (χ4v) is 3.78. The number of rotatable bonds is 10. The van der Waals surface area contributed by atoms with Crippen molar-refractivity contribution in [3.63, 3.8) is 0 Å². The Morgan fingerprint density at radius 3 is 2.47 bits per heavy atom. The third-order valence-corrected chi connectivity index (χ3v) is 5.71. The molecule has 0 aliphatic heterocycles. The number of thioether (sulfide) groups is 1. The van der Waals surface area contributed by atoms with Crippen LogP contribution in [0.5, 0.6) is 5.75 Å². The summed E-state index contributed by atoms with van der Waals surface area (Å²) in [6, 6.07) is 11.5. The maximum Gasteiger partial charge on any atom is 0.143 e. The van der Waals surface area contributed by atoms with Gasteiger partial charge in [-0.1, -0.05) is 54.8 Å². The summed E-state index contributed by atoms with van der Waals surface area (Å²) in [6.07, 6.45) is 7.67. The zero-order valence-electron chi connectivity index (χ0n) is 18.5. The predicted octanol–water partition coefficient (Wildman–Crippen LogP) is 5.27. The lowest BCUT2D eigenvalue weighted by molar-refractivity contribution is 0.146. The molecule has 0 saturated heterocycles. The number of nitrogen functional groups attached to an aromatic ring is 1. The van der Waals surface area contributed by atoms with E-state index in [0.717, 1.165) is 5.57 Å². The van der Waals surface area contributed by atoms with E-state index in [-0.39, 0.29) is 16.6 Å². The molecule has 0 spiro atoms. The molecule has 2 rings (SSSR count). The number of allylic oxidation sites excluding steroid dienone is 4. The average molecular weight is 447 g/mol.